The number of rotatable bonds is 4. The van der Waals surface area contributed by atoms with Crippen LogP contribution in [0.15, 0.2) is 47.7 Å². The first-order chi connectivity index (χ1) is 11.2. The summed E-state index contributed by atoms with van der Waals surface area (Å²) in [4.78, 5) is 30.4. The number of nitrogens with one attached hydrogen (secondary N) is 2. The van der Waals surface area contributed by atoms with Crippen molar-refractivity contribution in [3.8, 4) is 6.07 Å². The minimum Gasteiger partial charge on any atom is -0.350 e. The van der Waals surface area contributed by atoms with Crippen LogP contribution in [0.5, 0.6) is 0 Å². The molecule has 0 saturated heterocycles. The van der Waals surface area contributed by atoms with Gasteiger partial charge in [-0.3, -0.25) is 9.59 Å². The van der Waals surface area contributed by atoms with E-state index in [1.807, 2.05) is 12.1 Å². The average Bonchev–Trinajstić information content (AvgIpc) is 2.95. The zero-order valence-corrected chi connectivity index (χ0v) is 12.1. The van der Waals surface area contributed by atoms with Crippen LogP contribution < -0.4 is 10.9 Å². The van der Waals surface area contributed by atoms with Crippen LogP contribution in [0.2, 0.25) is 0 Å². The molecule has 2 N–H and O–H groups in total. The van der Waals surface area contributed by atoms with E-state index < -0.39 is 0 Å². The Balaban J connectivity index is 1.77. The molecule has 23 heavy (non-hydrogen) atoms. The Morgan fingerprint density at radius 1 is 1.35 bits per heavy atom. The number of carbonyl (C=O) groups is 1. The van der Waals surface area contributed by atoms with Crippen LogP contribution in [-0.4, -0.2) is 27.0 Å². The van der Waals surface area contributed by atoms with Crippen molar-refractivity contribution in [1.82, 2.24) is 19.9 Å². The van der Waals surface area contributed by atoms with Gasteiger partial charge in [-0.25, -0.2) is 4.98 Å². The molecule has 0 aliphatic carbocycles. The van der Waals surface area contributed by atoms with E-state index in [-0.39, 0.29) is 11.5 Å². The van der Waals surface area contributed by atoms with Crippen molar-refractivity contribution < 1.29 is 4.79 Å². The van der Waals surface area contributed by atoms with Crippen molar-refractivity contribution in [3.63, 3.8) is 0 Å². The Hall–Kier alpha value is -3.40. The largest absolute Gasteiger partial charge is 0.350 e. The second kappa shape index (κ2) is 6.15. The molecule has 1 aromatic carbocycles. The van der Waals surface area contributed by atoms with Gasteiger partial charge in [0.25, 0.3) is 11.5 Å². The highest BCUT2D eigenvalue weighted by atomic mass is 16.1. The maximum absolute atomic E-state index is 12.0. The molecule has 0 fully saturated rings. The van der Waals surface area contributed by atoms with Crippen molar-refractivity contribution >= 4 is 16.9 Å². The van der Waals surface area contributed by atoms with Crippen molar-refractivity contribution in [1.29, 1.82) is 5.26 Å². The molecule has 0 radical (unpaired) electrons. The molecule has 0 aliphatic heterocycles. The Morgan fingerprint density at radius 3 is 2.87 bits per heavy atom. The van der Waals surface area contributed by atoms with E-state index in [9.17, 15) is 9.59 Å². The van der Waals surface area contributed by atoms with Crippen LogP contribution in [0, 0.1) is 11.3 Å². The van der Waals surface area contributed by atoms with Gasteiger partial charge < -0.3 is 14.9 Å². The highest BCUT2D eigenvalue weighted by Crippen LogP contribution is 2.14. The third kappa shape index (κ3) is 2.82. The van der Waals surface area contributed by atoms with Gasteiger partial charge in [-0.05, 0) is 12.1 Å². The lowest BCUT2D eigenvalue weighted by Gasteiger charge is -2.07. The van der Waals surface area contributed by atoms with Gasteiger partial charge in [-0.15, -0.1) is 0 Å². The van der Waals surface area contributed by atoms with Gasteiger partial charge in [0.1, 0.15) is 17.1 Å². The predicted octanol–water partition coefficient (Wildman–Crippen LogP) is 1.03. The number of nitrogens with zero attached hydrogens (tertiary/aromatic N) is 3. The number of aromatic amines is 1. The molecule has 0 atom stereocenters. The predicted molar refractivity (Wildman–Crippen MR) is 83.8 cm³/mol. The summed E-state index contributed by atoms with van der Waals surface area (Å²) in [5, 5.41) is 11.9. The molecule has 114 valence electrons. The van der Waals surface area contributed by atoms with Gasteiger partial charge in [0, 0.05) is 24.8 Å². The number of amides is 1. The van der Waals surface area contributed by atoms with Crippen molar-refractivity contribution in [2.24, 2.45) is 0 Å². The molecular weight excluding hydrogens is 294 g/mol. The molecule has 0 saturated carbocycles. The van der Waals surface area contributed by atoms with E-state index in [1.54, 1.807) is 35.0 Å². The molecule has 1 amide bonds. The number of hydrogen-bond acceptors (Lipinski definition) is 4. The summed E-state index contributed by atoms with van der Waals surface area (Å²) >= 11 is 0. The summed E-state index contributed by atoms with van der Waals surface area (Å²) in [5.41, 5.74) is 1.29. The number of H-pyrrole nitrogens is 1. The summed E-state index contributed by atoms with van der Waals surface area (Å²) in [6, 6.07) is 10.9. The molecule has 0 aliphatic rings. The first kappa shape index (κ1) is 14.5. The standard InChI is InChI=1S/C16H13N5O2/c17-8-12-9-21(14-13(12)19-10-20-16(14)23)7-6-18-15(22)11-4-2-1-3-5-11/h1-5,9-10H,6-7H2,(H,18,22)(H,19,20,23). The van der Waals surface area contributed by atoms with E-state index in [1.165, 1.54) is 6.33 Å². The Kier molecular flexibility index (Phi) is 3.89. The van der Waals surface area contributed by atoms with Gasteiger partial charge >= 0.3 is 0 Å². The molecule has 2 heterocycles. The maximum Gasteiger partial charge on any atom is 0.275 e. The van der Waals surface area contributed by atoms with E-state index >= 15 is 0 Å². The van der Waals surface area contributed by atoms with Gasteiger partial charge in [0.2, 0.25) is 0 Å². The SMILES string of the molecule is N#Cc1cn(CCNC(=O)c2ccccc2)c2c(=O)[nH]cnc12. The second-order valence-electron chi connectivity index (χ2n) is 4.90. The van der Waals surface area contributed by atoms with E-state index in [2.05, 4.69) is 15.3 Å². The molecule has 0 bridgehead atoms. The first-order valence-corrected chi connectivity index (χ1v) is 7.00. The molecule has 3 aromatic rings. The monoisotopic (exact) mass is 307 g/mol. The lowest BCUT2D eigenvalue weighted by molar-refractivity contribution is 0.0952. The number of fused-ring (bicyclic) bond motifs is 1. The van der Waals surface area contributed by atoms with Crippen LogP contribution >= 0.6 is 0 Å². The average molecular weight is 307 g/mol. The van der Waals surface area contributed by atoms with Crippen LogP contribution in [0.1, 0.15) is 15.9 Å². The molecule has 0 unspecified atom stereocenters. The fourth-order valence-electron chi connectivity index (χ4n) is 2.38. The number of nitriles is 1. The summed E-state index contributed by atoms with van der Waals surface area (Å²) in [6.07, 6.45) is 2.84. The summed E-state index contributed by atoms with van der Waals surface area (Å²) in [7, 11) is 0. The van der Waals surface area contributed by atoms with Gasteiger partial charge in [0.15, 0.2) is 0 Å². The molecular formula is C16H13N5O2. The Bertz CT molecular complexity index is 950. The number of aromatic nitrogens is 3. The zero-order valence-electron chi connectivity index (χ0n) is 12.1. The van der Waals surface area contributed by atoms with E-state index in [0.717, 1.165) is 0 Å². The molecule has 7 nitrogen and oxygen atoms in total. The van der Waals surface area contributed by atoms with Crippen LogP contribution in [0.25, 0.3) is 11.0 Å². The summed E-state index contributed by atoms with van der Waals surface area (Å²) in [5.74, 6) is -0.186. The third-order valence-electron chi connectivity index (χ3n) is 3.45. The van der Waals surface area contributed by atoms with Crippen molar-refractivity contribution in [2.45, 2.75) is 6.54 Å². The quantitative estimate of drug-likeness (QED) is 0.751. The molecule has 3 rings (SSSR count). The topological polar surface area (TPSA) is 104 Å². The fraction of sp³-hybridized carbons (Fsp3) is 0.125. The van der Waals surface area contributed by atoms with Crippen molar-refractivity contribution in [2.75, 3.05) is 6.54 Å². The zero-order chi connectivity index (χ0) is 16.2. The van der Waals surface area contributed by atoms with Crippen molar-refractivity contribution in [3.05, 3.63) is 64.3 Å². The number of carbonyl (C=O) groups excluding carboxylic acids is 1. The third-order valence-corrected chi connectivity index (χ3v) is 3.45. The Morgan fingerprint density at radius 2 is 2.13 bits per heavy atom. The smallest absolute Gasteiger partial charge is 0.275 e. The summed E-state index contributed by atoms with van der Waals surface area (Å²) in [6.45, 7) is 0.697. The van der Waals surface area contributed by atoms with E-state index in [0.29, 0.717) is 35.2 Å². The number of benzene rings is 1. The lowest BCUT2D eigenvalue weighted by atomic mass is 10.2. The van der Waals surface area contributed by atoms with Gasteiger partial charge in [0.05, 0.1) is 11.9 Å². The normalized spacial score (nSPS) is 10.4. The van der Waals surface area contributed by atoms with Crippen LogP contribution in [0.4, 0.5) is 0 Å². The molecule has 2 aromatic heterocycles. The van der Waals surface area contributed by atoms with Gasteiger partial charge in [-0.1, -0.05) is 18.2 Å². The summed E-state index contributed by atoms with van der Waals surface area (Å²) < 4.78 is 1.63. The maximum atomic E-state index is 12.0. The Labute approximate surface area is 131 Å². The van der Waals surface area contributed by atoms with Crippen LogP contribution in [-0.2, 0) is 6.54 Å². The highest BCUT2D eigenvalue weighted by Gasteiger charge is 2.12. The lowest BCUT2D eigenvalue weighted by Crippen LogP contribution is -2.27. The fourth-order valence-corrected chi connectivity index (χ4v) is 2.38. The van der Waals surface area contributed by atoms with Crippen LogP contribution in [0.3, 0.4) is 0 Å². The van der Waals surface area contributed by atoms with E-state index in [4.69, 9.17) is 5.26 Å². The second-order valence-corrected chi connectivity index (χ2v) is 4.90. The van der Waals surface area contributed by atoms with Gasteiger partial charge in [-0.2, -0.15) is 5.26 Å². The molecule has 7 heteroatoms. The minimum atomic E-state index is -0.314. The molecule has 0 spiro atoms. The number of hydrogen-bond donors (Lipinski definition) is 2. The minimum absolute atomic E-state index is 0.186. The highest BCUT2D eigenvalue weighted by molar-refractivity contribution is 5.94. The first-order valence-electron chi connectivity index (χ1n) is 7.00.